The van der Waals surface area contributed by atoms with Crippen LogP contribution < -0.4 is 14.8 Å². The summed E-state index contributed by atoms with van der Waals surface area (Å²) in [6.45, 7) is 2.88. The standard InChI is InChI=1S/C24H31N3O6S/c1-26-15-19(34(29,30)27-9-3-2-4-10-27)14-20(26)23(28)25-16-24(7-11-31-12-8-24)18-5-6-21-22(13-18)33-17-32-21/h5-6,13-15H,2-4,7-12,16-17H2,1H3,(H,25,28). The van der Waals surface area contributed by atoms with Gasteiger partial charge >= 0.3 is 0 Å². The van der Waals surface area contributed by atoms with Crippen LogP contribution in [0, 0.1) is 0 Å². The molecule has 0 unspecified atom stereocenters. The molecule has 10 heteroatoms. The highest BCUT2D eigenvalue weighted by molar-refractivity contribution is 7.89. The SMILES string of the molecule is Cn1cc(S(=O)(=O)N2CCCCC2)cc1C(=O)NCC1(c2ccc3c(c2)OCO3)CCOCC1. The van der Waals surface area contributed by atoms with Crippen LogP contribution in [-0.4, -0.2) is 62.8 Å². The first-order chi connectivity index (χ1) is 16.4. The number of hydrogen-bond acceptors (Lipinski definition) is 6. The van der Waals surface area contributed by atoms with Crippen molar-refractivity contribution in [2.75, 3.05) is 39.6 Å². The van der Waals surface area contributed by atoms with Crippen LogP contribution in [0.25, 0.3) is 0 Å². The molecule has 0 bridgehead atoms. The van der Waals surface area contributed by atoms with Crippen LogP contribution in [-0.2, 0) is 27.2 Å². The first kappa shape index (κ1) is 23.2. The second kappa shape index (κ2) is 9.24. The number of amides is 1. The molecular formula is C24H31N3O6S. The number of nitrogens with one attached hydrogen (secondary N) is 1. The molecule has 1 amide bonds. The van der Waals surface area contributed by atoms with Crippen LogP contribution in [0.15, 0.2) is 35.4 Å². The Morgan fingerprint density at radius 3 is 2.56 bits per heavy atom. The van der Waals surface area contributed by atoms with Gasteiger partial charge in [0.1, 0.15) is 10.6 Å². The summed E-state index contributed by atoms with van der Waals surface area (Å²) in [6, 6.07) is 7.41. The highest BCUT2D eigenvalue weighted by atomic mass is 32.2. The van der Waals surface area contributed by atoms with Crippen LogP contribution in [0.4, 0.5) is 0 Å². The summed E-state index contributed by atoms with van der Waals surface area (Å²) in [5.41, 5.74) is 1.09. The number of rotatable bonds is 6. The van der Waals surface area contributed by atoms with E-state index in [0.29, 0.717) is 44.3 Å². The summed E-state index contributed by atoms with van der Waals surface area (Å²) in [6.07, 6.45) is 5.82. The number of fused-ring (bicyclic) bond motifs is 1. The normalized spacial score (nSPS) is 20.3. The Bertz CT molecular complexity index is 1160. The highest BCUT2D eigenvalue weighted by Crippen LogP contribution is 2.40. The molecule has 0 atom stereocenters. The maximum Gasteiger partial charge on any atom is 0.267 e. The summed E-state index contributed by atoms with van der Waals surface area (Å²) in [5, 5.41) is 3.07. The summed E-state index contributed by atoms with van der Waals surface area (Å²) in [7, 11) is -1.90. The van der Waals surface area contributed by atoms with Crippen molar-refractivity contribution < 1.29 is 27.4 Å². The number of piperidine rings is 1. The Morgan fingerprint density at radius 2 is 1.79 bits per heavy atom. The van der Waals surface area contributed by atoms with Gasteiger partial charge in [-0.15, -0.1) is 0 Å². The first-order valence-corrected chi connectivity index (χ1v) is 13.3. The number of nitrogens with zero attached hydrogens (tertiary/aromatic N) is 2. The van der Waals surface area contributed by atoms with Gasteiger partial charge in [-0.2, -0.15) is 4.31 Å². The van der Waals surface area contributed by atoms with E-state index in [9.17, 15) is 13.2 Å². The van der Waals surface area contributed by atoms with Crippen LogP contribution in [0.3, 0.4) is 0 Å². The van der Waals surface area contributed by atoms with E-state index in [2.05, 4.69) is 5.32 Å². The number of benzene rings is 1. The summed E-state index contributed by atoms with van der Waals surface area (Å²) in [5.74, 6) is 1.14. The largest absolute Gasteiger partial charge is 0.454 e. The number of hydrogen-bond donors (Lipinski definition) is 1. The lowest BCUT2D eigenvalue weighted by Gasteiger charge is -2.38. The van der Waals surface area contributed by atoms with Gasteiger partial charge in [0, 0.05) is 51.5 Å². The fraction of sp³-hybridized carbons (Fsp3) is 0.542. The van der Waals surface area contributed by atoms with E-state index in [1.54, 1.807) is 11.6 Å². The number of carbonyl (C=O) groups is 1. The second-order valence-corrected chi connectivity index (χ2v) is 11.2. The lowest BCUT2D eigenvalue weighted by Crippen LogP contribution is -2.44. The summed E-state index contributed by atoms with van der Waals surface area (Å²) in [4.78, 5) is 13.3. The minimum absolute atomic E-state index is 0.165. The van der Waals surface area contributed by atoms with Crippen molar-refractivity contribution in [2.24, 2.45) is 7.05 Å². The van der Waals surface area contributed by atoms with E-state index in [1.807, 2.05) is 18.2 Å². The van der Waals surface area contributed by atoms with E-state index in [4.69, 9.17) is 14.2 Å². The van der Waals surface area contributed by atoms with E-state index >= 15 is 0 Å². The third-order valence-electron chi connectivity index (χ3n) is 7.19. The topological polar surface area (TPSA) is 99.1 Å². The molecule has 3 aliphatic heterocycles. The number of aryl methyl sites for hydroxylation is 1. The average Bonchev–Trinajstić information content (AvgIpc) is 3.50. The molecule has 2 saturated heterocycles. The molecule has 0 spiro atoms. The predicted octanol–water partition coefficient (Wildman–Crippen LogP) is 2.41. The lowest BCUT2D eigenvalue weighted by atomic mass is 9.74. The highest BCUT2D eigenvalue weighted by Gasteiger charge is 2.36. The monoisotopic (exact) mass is 489 g/mol. The molecule has 2 fully saturated rings. The zero-order valence-electron chi connectivity index (χ0n) is 19.4. The smallest absolute Gasteiger partial charge is 0.267 e. The van der Waals surface area contributed by atoms with Crippen molar-refractivity contribution in [2.45, 2.75) is 42.4 Å². The van der Waals surface area contributed by atoms with Crippen molar-refractivity contribution in [1.82, 2.24) is 14.2 Å². The third kappa shape index (κ3) is 4.30. The molecule has 0 radical (unpaired) electrons. The lowest BCUT2D eigenvalue weighted by molar-refractivity contribution is 0.0486. The van der Waals surface area contributed by atoms with Crippen LogP contribution in [0.2, 0.25) is 0 Å². The van der Waals surface area contributed by atoms with Gasteiger partial charge in [0.25, 0.3) is 5.91 Å². The van der Waals surface area contributed by atoms with Crippen molar-refractivity contribution in [1.29, 1.82) is 0 Å². The van der Waals surface area contributed by atoms with Crippen LogP contribution in [0.5, 0.6) is 11.5 Å². The fourth-order valence-electron chi connectivity index (χ4n) is 5.05. The maximum absolute atomic E-state index is 13.2. The molecule has 1 aromatic carbocycles. The minimum Gasteiger partial charge on any atom is -0.454 e. The molecule has 184 valence electrons. The van der Waals surface area contributed by atoms with Crippen molar-refractivity contribution in [3.05, 3.63) is 41.7 Å². The van der Waals surface area contributed by atoms with E-state index in [0.717, 1.165) is 43.4 Å². The molecule has 5 rings (SSSR count). The Balaban J connectivity index is 1.34. The van der Waals surface area contributed by atoms with E-state index in [1.165, 1.54) is 16.6 Å². The van der Waals surface area contributed by atoms with Crippen LogP contribution >= 0.6 is 0 Å². The molecule has 1 aromatic heterocycles. The Labute approximate surface area is 200 Å². The molecule has 9 nitrogen and oxygen atoms in total. The molecule has 0 saturated carbocycles. The predicted molar refractivity (Wildman–Crippen MR) is 125 cm³/mol. The Kier molecular flexibility index (Phi) is 6.30. The first-order valence-electron chi connectivity index (χ1n) is 11.8. The zero-order chi connectivity index (χ0) is 23.8. The number of sulfonamides is 1. The molecule has 34 heavy (non-hydrogen) atoms. The van der Waals surface area contributed by atoms with Gasteiger partial charge in [0.05, 0.1) is 0 Å². The fourth-order valence-corrected chi connectivity index (χ4v) is 6.64. The van der Waals surface area contributed by atoms with Gasteiger partial charge in [-0.1, -0.05) is 12.5 Å². The number of ether oxygens (including phenoxy) is 3. The summed E-state index contributed by atoms with van der Waals surface area (Å²) < 4.78 is 45.8. The van der Waals surface area contributed by atoms with Crippen molar-refractivity contribution >= 4 is 15.9 Å². The Hall–Kier alpha value is -2.56. The molecule has 1 N–H and O–H groups in total. The van der Waals surface area contributed by atoms with Crippen molar-refractivity contribution in [3.63, 3.8) is 0 Å². The van der Waals surface area contributed by atoms with Gasteiger partial charge in [0.15, 0.2) is 11.5 Å². The van der Waals surface area contributed by atoms with Crippen LogP contribution in [0.1, 0.15) is 48.2 Å². The van der Waals surface area contributed by atoms with Crippen molar-refractivity contribution in [3.8, 4) is 11.5 Å². The average molecular weight is 490 g/mol. The van der Waals surface area contributed by atoms with E-state index < -0.39 is 10.0 Å². The van der Waals surface area contributed by atoms with Gasteiger partial charge in [-0.3, -0.25) is 4.79 Å². The number of aromatic nitrogens is 1. The maximum atomic E-state index is 13.2. The molecule has 4 heterocycles. The zero-order valence-corrected chi connectivity index (χ0v) is 20.2. The van der Waals surface area contributed by atoms with Gasteiger partial charge < -0.3 is 24.1 Å². The number of carbonyl (C=O) groups excluding carboxylic acids is 1. The van der Waals surface area contributed by atoms with Gasteiger partial charge in [-0.25, -0.2) is 8.42 Å². The van der Waals surface area contributed by atoms with Gasteiger partial charge in [-0.05, 0) is 49.4 Å². The second-order valence-electron chi connectivity index (χ2n) is 9.28. The Morgan fingerprint density at radius 1 is 1.06 bits per heavy atom. The summed E-state index contributed by atoms with van der Waals surface area (Å²) >= 11 is 0. The molecule has 3 aliphatic rings. The third-order valence-corrected chi connectivity index (χ3v) is 9.05. The molecular weight excluding hydrogens is 458 g/mol. The van der Waals surface area contributed by atoms with Gasteiger partial charge in [0.2, 0.25) is 16.8 Å². The van der Waals surface area contributed by atoms with E-state index in [-0.39, 0.29) is 23.0 Å². The molecule has 0 aliphatic carbocycles. The molecule has 2 aromatic rings. The quantitative estimate of drug-likeness (QED) is 0.669. The minimum atomic E-state index is -3.60.